The number of ether oxygens (including phenoxy) is 2. The molecule has 1 aliphatic heterocycles. The molecule has 1 aliphatic carbocycles. The van der Waals surface area contributed by atoms with Gasteiger partial charge in [0.25, 0.3) is 0 Å². The molecule has 1 aromatic heterocycles. The van der Waals surface area contributed by atoms with Crippen molar-refractivity contribution in [3.63, 3.8) is 0 Å². The van der Waals surface area contributed by atoms with E-state index in [1.165, 1.54) is 23.4 Å². The van der Waals surface area contributed by atoms with Gasteiger partial charge in [-0.25, -0.2) is 4.98 Å². The average Bonchev–Trinajstić information content (AvgIpc) is 3.37. The molecule has 2 heterocycles. The Kier molecular flexibility index (Phi) is 4.46. The van der Waals surface area contributed by atoms with Crippen LogP contribution < -0.4 is 14.8 Å². The summed E-state index contributed by atoms with van der Waals surface area (Å²) in [7, 11) is 0. The fraction of sp³-hybridized carbons (Fsp3) is 0.526. The number of aryl methyl sites for hydroxylation is 1. The number of benzene rings is 1. The lowest BCUT2D eigenvalue weighted by atomic mass is 10.1. The second-order valence-electron chi connectivity index (χ2n) is 6.79. The highest BCUT2D eigenvalue weighted by atomic mass is 32.1. The van der Waals surface area contributed by atoms with Crippen molar-refractivity contribution in [1.29, 1.82) is 0 Å². The van der Waals surface area contributed by atoms with Crippen LogP contribution >= 0.6 is 11.3 Å². The first kappa shape index (κ1) is 15.9. The summed E-state index contributed by atoms with van der Waals surface area (Å²) >= 11 is 1.77. The third kappa shape index (κ3) is 3.42. The molecule has 0 bridgehead atoms. The van der Waals surface area contributed by atoms with Gasteiger partial charge in [0.2, 0.25) is 0 Å². The zero-order chi connectivity index (χ0) is 16.5. The smallest absolute Gasteiger partial charge is 0.161 e. The Morgan fingerprint density at radius 1 is 1.21 bits per heavy atom. The first-order valence-corrected chi connectivity index (χ1v) is 9.66. The molecule has 0 radical (unpaired) electrons. The fourth-order valence-corrected chi connectivity index (χ4v) is 4.12. The van der Waals surface area contributed by atoms with Gasteiger partial charge >= 0.3 is 0 Å². The molecule has 2 aromatic rings. The average molecular weight is 344 g/mol. The van der Waals surface area contributed by atoms with E-state index < -0.39 is 0 Å². The number of fused-ring (bicyclic) bond motifs is 1. The van der Waals surface area contributed by atoms with Crippen LogP contribution in [0.1, 0.15) is 54.5 Å². The molecule has 1 saturated carbocycles. The first-order chi connectivity index (χ1) is 11.7. The topological polar surface area (TPSA) is 43.4 Å². The molecule has 0 amide bonds. The largest absolute Gasteiger partial charge is 0.490 e. The predicted molar refractivity (Wildman–Crippen MR) is 95.9 cm³/mol. The molecule has 2 aliphatic rings. The lowest BCUT2D eigenvalue weighted by molar-refractivity contribution is 0.297. The van der Waals surface area contributed by atoms with Crippen LogP contribution in [0.25, 0.3) is 0 Å². The van der Waals surface area contributed by atoms with Crippen LogP contribution in [-0.2, 0) is 0 Å². The van der Waals surface area contributed by atoms with Crippen molar-refractivity contribution in [1.82, 2.24) is 10.3 Å². The van der Waals surface area contributed by atoms with E-state index in [9.17, 15) is 0 Å². The zero-order valence-corrected chi connectivity index (χ0v) is 15.1. The van der Waals surface area contributed by atoms with E-state index in [4.69, 9.17) is 14.5 Å². The van der Waals surface area contributed by atoms with Gasteiger partial charge in [0.15, 0.2) is 11.5 Å². The van der Waals surface area contributed by atoms with Crippen LogP contribution in [-0.4, -0.2) is 18.2 Å². The maximum atomic E-state index is 5.83. The highest BCUT2D eigenvalue weighted by molar-refractivity contribution is 7.09. The summed E-state index contributed by atoms with van der Waals surface area (Å²) in [6.07, 6.45) is 3.53. The van der Waals surface area contributed by atoms with Gasteiger partial charge in [0.05, 0.1) is 19.3 Å². The molecule has 4 rings (SSSR count). The Bertz CT molecular complexity index is 711. The Balaban J connectivity index is 1.52. The quantitative estimate of drug-likeness (QED) is 0.872. The van der Waals surface area contributed by atoms with Crippen LogP contribution in [0.4, 0.5) is 0 Å². The fourth-order valence-electron chi connectivity index (χ4n) is 3.17. The summed E-state index contributed by atoms with van der Waals surface area (Å²) in [6.45, 7) is 5.74. The van der Waals surface area contributed by atoms with E-state index in [1.54, 1.807) is 11.3 Å². The molecular weight excluding hydrogens is 320 g/mol. The summed E-state index contributed by atoms with van der Waals surface area (Å²) < 4.78 is 11.6. The minimum absolute atomic E-state index is 0.247. The van der Waals surface area contributed by atoms with Gasteiger partial charge in [0.1, 0.15) is 5.01 Å². The summed E-state index contributed by atoms with van der Waals surface area (Å²) in [5.74, 6) is 2.45. The van der Waals surface area contributed by atoms with Crippen LogP contribution in [0.5, 0.6) is 11.5 Å². The van der Waals surface area contributed by atoms with Crippen LogP contribution in [0.15, 0.2) is 23.6 Å². The normalized spacial score (nSPS) is 19.6. The van der Waals surface area contributed by atoms with Crippen molar-refractivity contribution in [2.75, 3.05) is 13.2 Å². The van der Waals surface area contributed by atoms with Gasteiger partial charge in [-0.3, -0.25) is 0 Å². The minimum Gasteiger partial charge on any atom is -0.490 e. The van der Waals surface area contributed by atoms with Crippen molar-refractivity contribution in [2.24, 2.45) is 5.92 Å². The van der Waals surface area contributed by atoms with E-state index in [-0.39, 0.29) is 6.04 Å². The third-order valence-electron chi connectivity index (χ3n) is 4.70. The van der Waals surface area contributed by atoms with E-state index in [2.05, 4.69) is 36.7 Å². The van der Waals surface area contributed by atoms with Crippen molar-refractivity contribution >= 4 is 11.3 Å². The number of aromatic nitrogens is 1. The van der Waals surface area contributed by atoms with Crippen LogP contribution in [0, 0.1) is 12.8 Å². The highest BCUT2D eigenvalue weighted by Crippen LogP contribution is 2.43. The lowest BCUT2D eigenvalue weighted by Gasteiger charge is -2.22. The minimum atomic E-state index is 0.247. The van der Waals surface area contributed by atoms with Crippen molar-refractivity contribution < 1.29 is 9.47 Å². The number of thiazole rings is 1. The molecule has 4 nitrogen and oxygen atoms in total. The van der Waals surface area contributed by atoms with E-state index >= 15 is 0 Å². The van der Waals surface area contributed by atoms with Gasteiger partial charge in [0, 0.05) is 23.5 Å². The standard InChI is InChI=1S/C19H24N2O2S/c1-12-11-24-19(20-12)18(14-4-5-14)21-13(2)15-6-7-16-17(10-15)23-9-3-8-22-16/h6-7,10-11,13-14,18,21H,3-5,8-9H2,1-2H3/t13-,18-/m0/s1. The number of nitrogens with zero attached hydrogens (tertiary/aromatic N) is 1. The van der Waals surface area contributed by atoms with Gasteiger partial charge in [-0.1, -0.05) is 6.07 Å². The Labute approximate surface area is 147 Å². The molecular formula is C19H24N2O2S. The van der Waals surface area contributed by atoms with Gasteiger partial charge in [-0.05, 0) is 50.3 Å². The van der Waals surface area contributed by atoms with Crippen molar-refractivity contribution in [3.8, 4) is 11.5 Å². The second kappa shape index (κ2) is 6.73. The van der Waals surface area contributed by atoms with Crippen LogP contribution in [0.2, 0.25) is 0 Å². The number of hydrogen-bond acceptors (Lipinski definition) is 5. The summed E-state index contributed by atoms with van der Waals surface area (Å²) in [4.78, 5) is 4.71. The third-order valence-corrected chi connectivity index (χ3v) is 5.74. The molecule has 0 unspecified atom stereocenters. The number of nitrogens with one attached hydrogen (secondary N) is 1. The second-order valence-corrected chi connectivity index (χ2v) is 7.68. The first-order valence-electron chi connectivity index (χ1n) is 8.78. The Morgan fingerprint density at radius 3 is 2.71 bits per heavy atom. The predicted octanol–water partition coefficient (Wildman–Crippen LogP) is 4.41. The number of hydrogen-bond donors (Lipinski definition) is 1. The molecule has 1 fully saturated rings. The van der Waals surface area contributed by atoms with Gasteiger partial charge < -0.3 is 14.8 Å². The van der Waals surface area contributed by atoms with Crippen LogP contribution in [0.3, 0.4) is 0 Å². The Morgan fingerprint density at radius 2 is 2.00 bits per heavy atom. The maximum Gasteiger partial charge on any atom is 0.161 e. The van der Waals surface area contributed by atoms with Crippen molar-refractivity contribution in [3.05, 3.63) is 39.8 Å². The molecule has 1 N–H and O–H groups in total. The molecule has 2 atom stereocenters. The monoisotopic (exact) mass is 344 g/mol. The summed E-state index contributed by atoms with van der Waals surface area (Å²) in [5.41, 5.74) is 2.35. The molecule has 24 heavy (non-hydrogen) atoms. The molecule has 1 aromatic carbocycles. The highest BCUT2D eigenvalue weighted by Gasteiger charge is 2.35. The molecule has 5 heteroatoms. The summed E-state index contributed by atoms with van der Waals surface area (Å²) in [5, 5.41) is 7.16. The lowest BCUT2D eigenvalue weighted by Crippen LogP contribution is -2.26. The van der Waals surface area contributed by atoms with Crippen molar-refractivity contribution in [2.45, 2.75) is 45.2 Å². The van der Waals surface area contributed by atoms with E-state index in [0.29, 0.717) is 6.04 Å². The molecule has 0 saturated heterocycles. The van der Waals surface area contributed by atoms with Gasteiger partial charge in [-0.2, -0.15) is 0 Å². The Hall–Kier alpha value is -1.59. The number of rotatable bonds is 5. The maximum absolute atomic E-state index is 5.83. The van der Waals surface area contributed by atoms with Gasteiger partial charge in [-0.15, -0.1) is 11.3 Å². The van der Waals surface area contributed by atoms with E-state index in [1.807, 2.05) is 6.07 Å². The van der Waals surface area contributed by atoms with E-state index in [0.717, 1.165) is 42.7 Å². The SMILES string of the molecule is Cc1csc([C@@H](N[C@@H](C)c2ccc3c(c2)OCCCO3)C2CC2)n1. The summed E-state index contributed by atoms with van der Waals surface area (Å²) in [6, 6.07) is 6.90. The molecule has 0 spiro atoms. The zero-order valence-electron chi connectivity index (χ0n) is 14.2. The molecule has 128 valence electrons.